The highest BCUT2D eigenvalue weighted by molar-refractivity contribution is 7.15. The third-order valence-electron chi connectivity index (χ3n) is 1.81. The van der Waals surface area contributed by atoms with Crippen molar-refractivity contribution in [2.24, 2.45) is 0 Å². The van der Waals surface area contributed by atoms with Crippen LogP contribution in [-0.4, -0.2) is 16.1 Å². The number of nitrogens with zero attached hydrogens (tertiary/aromatic N) is 2. The molecule has 0 saturated heterocycles. The molecule has 0 saturated carbocycles. The van der Waals surface area contributed by atoms with Crippen molar-refractivity contribution in [2.45, 2.75) is 13.3 Å². The molecule has 1 N–H and O–H groups in total. The van der Waals surface area contributed by atoms with Crippen LogP contribution in [0, 0.1) is 0 Å². The molecule has 0 atom stereocenters. The second-order valence-electron chi connectivity index (χ2n) is 2.82. The fourth-order valence-electron chi connectivity index (χ4n) is 1.08. The van der Waals surface area contributed by atoms with Crippen molar-refractivity contribution in [1.29, 1.82) is 0 Å². The molecule has 0 bridgehead atoms. The Hall–Kier alpha value is -1.27. The number of anilines is 1. The number of amides is 1. The maximum atomic E-state index is 11.7. The van der Waals surface area contributed by atoms with Gasteiger partial charge in [0.1, 0.15) is 5.51 Å². The van der Waals surface area contributed by atoms with Crippen molar-refractivity contribution in [1.82, 2.24) is 10.2 Å². The molecule has 2 rings (SSSR count). The van der Waals surface area contributed by atoms with Gasteiger partial charge in [-0.05, 0) is 18.6 Å². The van der Waals surface area contributed by atoms with Crippen molar-refractivity contribution in [3.8, 4) is 0 Å². The summed E-state index contributed by atoms with van der Waals surface area (Å²) in [5, 5.41) is 10.6. The number of hydrogen-bond acceptors (Lipinski definition) is 5. The summed E-state index contributed by atoms with van der Waals surface area (Å²) in [5.41, 5.74) is 1.58. The Labute approximate surface area is 95.0 Å². The van der Waals surface area contributed by atoms with E-state index in [0.717, 1.165) is 6.42 Å². The van der Waals surface area contributed by atoms with Crippen molar-refractivity contribution < 1.29 is 4.79 Å². The molecule has 0 spiro atoms. The lowest BCUT2D eigenvalue weighted by molar-refractivity contribution is 0.103. The molecular formula is C9H9N3OS2. The van der Waals surface area contributed by atoms with E-state index in [9.17, 15) is 4.79 Å². The van der Waals surface area contributed by atoms with Crippen LogP contribution in [0.4, 0.5) is 5.13 Å². The quantitative estimate of drug-likeness (QED) is 0.895. The molecule has 2 aromatic heterocycles. The summed E-state index contributed by atoms with van der Waals surface area (Å²) in [6.45, 7) is 2.07. The number of thiophene rings is 1. The number of carbonyl (C=O) groups is 1. The Kier molecular flexibility index (Phi) is 3.08. The fourth-order valence-corrected chi connectivity index (χ4v) is 2.36. The summed E-state index contributed by atoms with van der Waals surface area (Å²) in [6.07, 6.45) is 0.955. The van der Waals surface area contributed by atoms with E-state index in [1.807, 2.05) is 12.1 Å². The molecule has 6 heteroatoms. The highest BCUT2D eigenvalue weighted by Crippen LogP contribution is 2.18. The zero-order chi connectivity index (χ0) is 10.7. The number of aromatic nitrogens is 2. The predicted octanol–water partition coefficient (Wildman–Crippen LogP) is 2.41. The Bertz CT molecular complexity index is 450. The van der Waals surface area contributed by atoms with Gasteiger partial charge < -0.3 is 0 Å². The lowest BCUT2D eigenvalue weighted by atomic mass is 10.3. The lowest BCUT2D eigenvalue weighted by Gasteiger charge is -1.96. The summed E-state index contributed by atoms with van der Waals surface area (Å²) in [6, 6.07) is 3.81. The van der Waals surface area contributed by atoms with E-state index in [1.165, 1.54) is 27.6 Å². The summed E-state index contributed by atoms with van der Waals surface area (Å²) in [5.74, 6) is -0.114. The maximum absolute atomic E-state index is 11.7. The molecule has 2 heterocycles. The minimum absolute atomic E-state index is 0.114. The molecule has 0 fully saturated rings. The van der Waals surface area contributed by atoms with Crippen LogP contribution in [0.2, 0.25) is 0 Å². The van der Waals surface area contributed by atoms with Gasteiger partial charge in [-0.15, -0.1) is 21.5 Å². The molecule has 4 nitrogen and oxygen atoms in total. The van der Waals surface area contributed by atoms with Gasteiger partial charge in [0.15, 0.2) is 0 Å². The molecule has 78 valence electrons. The largest absolute Gasteiger partial charge is 0.296 e. The normalized spacial score (nSPS) is 10.2. The van der Waals surface area contributed by atoms with Gasteiger partial charge >= 0.3 is 0 Å². The summed E-state index contributed by atoms with van der Waals surface area (Å²) in [7, 11) is 0. The van der Waals surface area contributed by atoms with Gasteiger partial charge in [-0.25, -0.2) is 0 Å². The third kappa shape index (κ3) is 2.40. The van der Waals surface area contributed by atoms with Crippen LogP contribution in [0.25, 0.3) is 0 Å². The van der Waals surface area contributed by atoms with E-state index < -0.39 is 0 Å². The number of hydrogen-bond donors (Lipinski definition) is 1. The number of aryl methyl sites for hydroxylation is 1. The highest BCUT2D eigenvalue weighted by Gasteiger charge is 2.10. The first-order chi connectivity index (χ1) is 7.29. The van der Waals surface area contributed by atoms with Gasteiger partial charge in [0.2, 0.25) is 5.13 Å². The third-order valence-corrected chi connectivity index (χ3v) is 3.65. The Morgan fingerprint density at radius 2 is 2.40 bits per heavy atom. The van der Waals surface area contributed by atoms with Crippen molar-refractivity contribution >= 4 is 33.7 Å². The standard InChI is InChI=1S/C9H9N3OS2/c1-2-6-3-4-7(15-6)8(13)11-9-12-10-5-14-9/h3-5H,2H2,1H3,(H,11,12,13). The maximum Gasteiger partial charge on any atom is 0.267 e. The molecule has 1 amide bonds. The average molecular weight is 239 g/mol. The van der Waals surface area contributed by atoms with E-state index >= 15 is 0 Å². The minimum atomic E-state index is -0.114. The molecule has 0 aliphatic carbocycles. The average Bonchev–Trinajstić information content (AvgIpc) is 2.86. The summed E-state index contributed by atoms with van der Waals surface area (Å²) in [4.78, 5) is 13.6. The van der Waals surface area contributed by atoms with Crippen LogP contribution in [0.15, 0.2) is 17.6 Å². The molecule has 0 radical (unpaired) electrons. The van der Waals surface area contributed by atoms with Gasteiger partial charge in [0.25, 0.3) is 5.91 Å². The van der Waals surface area contributed by atoms with Crippen LogP contribution < -0.4 is 5.32 Å². The van der Waals surface area contributed by atoms with Gasteiger partial charge in [0.05, 0.1) is 4.88 Å². The van der Waals surface area contributed by atoms with Crippen LogP contribution in [0.1, 0.15) is 21.5 Å². The van der Waals surface area contributed by atoms with Crippen molar-refractivity contribution in [3.63, 3.8) is 0 Å². The minimum Gasteiger partial charge on any atom is -0.296 e. The molecule has 0 aliphatic rings. The Morgan fingerprint density at radius 3 is 3.00 bits per heavy atom. The van der Waals surface area contributed by atoms with E-state index in [2.05, 4.69) is 22.4 Å². The SMILES string of the molecule is CCc1ccc(C(=O)Nc2nncs2)s1. The number of rotatable bonds is 3. The number of carbonyl (C=O) groups excluding carboxylic acids is 1. The first-order valence-electron chi connectivity index (χ1n) is 4.46. The fraction of sp³-hybridized carbons (Fsp3) is 0.222. The number of nitrogens with one attached hydrogen (secondary N) is 1. The van der Waals surface area contributed by atoms with Crippen LogP contribution >= 0.6 is 22.7 Å². The van der Waals surface area contributed by atoms with E-state index in [0.29, 0.717) is 10.0 Å². The first-order valence-corrected chi connectivity index (χ1v) is 6.15. The summed E-state index contributed by atoms with van der Waals surface area (Å²) < 4.78 is 0. The van der Waals surface area contributed by atoms with Gasteiger partial charge in [-0.2, -0.15) is 0 Å². The van der Waals surface area contributed by atoms with Crippen LogP contribution in [0.5, 0.6) is 0 Å². The van der Waals surface area contributed by atoms with Gasteiger partial charge in [-0.3, -0.25) is 10.1 Å². The highest BCUT2D eigenvalue weighted by atomic mass is 32.1. The molecule has 0 aromatic carbocycles. The molecular weight excluding hydrogens is 230 g/mol. The Morgan fingerprint density at radius 1 is 1.53 bits per heavy atom. The molecule has 15 heavy (non-hydrogen) atoms. The van der Waals surface area contributed by atoms with E-state index in [1.54, 1.807) is 5.51 Å². The second-order valence-corrected chi connectivity index (χ2v) is 4.82. The van der Waals surface area contributed by atoms with E-state index in [4.69, 9.17) is 0 Å². The molecule has 0 unspecified atom stereocenters. The monoisotopic (exact) mass is 239 g/mol. The topological polar surface area (TPSA) is 54.9 Å². The first kappa shape index (κ1) is 10.3. The van der Waals surface area contributed by atoms with Crippen molar-refractivity contribution in [2.75, 3.05) is 5.32 Å². The van der Waals surface area contributed by atoms with Crippen molar-refractivity contribution in [3.05, 3.63) is 27.4 Å². The molecule has 0 aliphatic heterocycles. The lowest BCUT2D eigenvalue weighted by Crippen LogP contribution is -2.09. The zero-order valence-electron chi connectivity index (χ0n) is 8.06. The second kappa shape index (κ2) is 4.50. The van der Waals surface area contributed by atoms with E-state index in [-0.39, 0.29) is 5.91 Å². The van der Waals surface area contributed by atoms with Gasteiger partial charge in [0, 0.05) is 4.88 Å². The predicted molar refractivity (Wildman–Crippen MR) is 61.6 cm³/mol. The smallest absolute Gasteiger partial charge is 0.267 e. The van der Waals surface area contributed by atoms with Crippen LogP contribution in [0.3, 0.4) is 0 Å². The molecule has 2 aromatic rings. The zero-order valence-corrected chi connectivity index (χ0v) is 9.69. The Balaban J connectivity index is 2.08. The van der Waals surface area contributed by atoms with Crippen LogP contribution in [-0.2, 0) is 6.42 Å². The summed E-state index contributed by atoms with van der Waals surface area (Å²) >= 11 is 2.82. The van der Waals surface area contributed by atoms with Gasteiger partial charge in [-0.1, -0.05) is 18.3 Å².